The van der Waals surface area contributed by atoms with E-state index in [0.717, 1.165) is 5.56 Å². The van der Waals surface area contributed by atoms with Crippen LogP contribution >= 0.6 is 11.6 Å². The number of benzene rings is 2. The first kappa shape index (κ1) is 16.5. The lowest BCUT2D eigenvalue weighted by atomic mass is 10.1. The summed E-state index contributed by atoms with van der Waals surface area (Å²) in [5, 5.41) is 3.41. The Labute approximate surface area is 134 Å². The summed E-state index contributed by atoms with van der Waals surface area (Å²) in [6.07, 6.45) is 0. The predicted octanol–water partition coefficient (Wildman–Crippen LogP) is 3.51. The summed E-state index contributed by atoms with van der Waals surface area (Å²) in [7, 11) is 3.83. The number of halogens is 2. The number of amides is 1. The van der Waals surface area contributed by atoms with Crippen LogP contribution in [0.5, 0.6) is 0 Å². The molecule has 0 spiro atoms. The average Bonchev–Trinajstić information content (AvgIpc) is 2.48. The molecule has 0 aliphatic rings. The third-order valence-electron chi connectivity index (χ3n) is 3.42. The largest absolute Gasteiger partial charge is 0.350 e. The lowest BCUT2D eigenvalue weighted by molar-refractivity contribution is 0.0942. The van der Waals surface area contributed by atoms with Crippen LogP contribution in [0.2, 0.25) is 5.02 Å². The summed E-state index contributed by atoms with van der Waals surface area (Å²) in [6.45, 7) is 0.421. The Morgan fingerprint density at radius 3 is 2.50 bits per heavy atom. The second kappa shape index (κ2) is 7.38. The Bertz CT molecular complexity index is 643. The van der Waals surface area contributed by atoms with Crippen LogP contribution in [0, 0.1) is 5.82 Å². The van der Waals surface area contributed by atoms with Crippen molar-refractivity contribution in [2.24, 2.45) is 0 Å². The van der Waals surface area contributed by atoms with Crippen LogP contribution in [0.4, 0.5) is 4.39 Å². The summed E-state index contributed by atoms with van der Waals surface area (Å²) in [5.74, 6) is -0.458. The molecule has 0 aliphatic heterocycles. The van der Waals surface area contributed by atoms with E-state index in [-0.39, 0.29) is 17.8 Å². The molecule has 0 aromatic heterocycles. The van der Waals surface area contributed by atoms with E-state index in [1.807, 2.05) is 19.0 Å². The molecule has 0 radical (unpaired) electrons. The summed E-state index contributed by atoms with van der Waals surface area (Å²) < 4.78 is 13.0. The van der Waals surface area contributed by atoms with Crippen LogP contribution in [0.25, 0.3) is 0 Å². The molecule has 22 heavy (non-hydrogen) atoms. The Morgan fingerprint density at radius 1 is 1.23 bits per heavy atom. The van der Waals surface area contributed by atoms with Crippen molar-refractivity contribution in [1.82, 2.24) is 10.2 Å². The Hall–Kier alpha value is -1.91. The van der Waals surface area contributed by atoms with Crippen molar-refractivity contribution in [1.29, 1.82) is 0 Å². The van der Waals surface area contributed by atoms with Gasteiger partial charge in [-0.2, -0.15) is 0 Å². The number of nitrogens with zero attached hydrogens (tertiary/aromatic N) is 1. The summed E-state index contributed by atoms with van der Waals surface area (Å²) in [6, 6.07) is 13.1. The molecule has 3 nitrogen and oxygen atoms in total. The topological polar surface area (TPSA) is 32.3 Å². The SMILES string of the molecule is CN(C)[C@@H](CNC(=O)c1cccc(Cl)c1)c1ccc(F)cc1. The van der Waals surface area contributed by atoms with Gasteiger partial charge in [0.25, 0.3) is 5.91 Å². The van der Waals surface area contributed by atoms with E-state index in [1.54, 1.807) is 36.4 Å². The van der Waals surface area contributed by atoms with Gasteiger partial charge in [-0.1, -0.05) is 29.8 Å². The number of hydrogen-bond acceptors (Lipinski definition) is 2. The fourth-order valence-corrected chi connectivity index (χ4v) is 2.39. The maximum absolute atomic E-state index is 13.0. The predicted molar refractivity (Wildman–Crippen MR) is 86.6 cm³/mol. The van der Waals surface area contributed by atoms with Gasteiger partial charge in [-0.15, -0.1) is 0 Å². The normalized spacial score (nSPS) is 12.2. The van der Waals surface area contributed by atoms with E-state index < -0.39 is 0 Å². The third kappa shape index (κ3) is 4.29. The van der Waals surface area contributed by atoms with Gasteiger partial charge in [0, 0.05) is 17.1 Å². The van der Waals surface area contributed by atoms with Gasteiger partial charge in [0.05, 0.1) is 6.04 Å². The van der Waals surface area contributed by atoms with Crippen molar-refractivity contribution >= 4 is 17.5 Å². The molecule has 1 N–H and O–H groups in total. The lowest BCUT2D eigenvalue weighted by Gasteiger charge is -2.25. The highest BCUT2D eigenvalue weighted by Crippen LogP contribution is 2.18. The van der Waals surface area contributed by atoms with E-state index >= 15 is 0 Å². The molecule has 0 fully saturated rings. The van der Waals surface area contributed by atoms with Gasteiger partial charge >= 0.3 is 0 Å². The number of rotatable bonds is 5. The van der Waals surface area contributed by atoms with Gasteiger partial charge in [-0.3, -0.25) is 4.79 Å². The minimum absolute atomic E-state index is 0.0382. The highest BCUT2D eigenvalue weighted by molar-refractivity contribution is 6.30. The van der Waals surface area contributed by atoms with Crippen molar-refractivity contribution < 1.29 is 9.18 Å². The van der Waals surface area contributed by atoms with E-state index in [1.165, 1.54) is 12.1 Å². The zero-order valence-corrected chi connectivity index (χ0v) is 13.3. The first-order valence-corrected chi connectivity index (χ1v) is 7.31. The second-order valence-corrected chi connectivity index (χ2v) is 5.69. The van der Waals surface area contributed by atoms with Crippen molar-refractivity contribution in [2.45, 2.75) is 6.04 Å². The Kier molecular flexibility index (Phi) is 5.52. The minimum Gasteiger partial charge on any atom is -0.350 e. The number of carbonyl (C=O) groups excluding carboxylic acids is 1. The number of hydrogen-bond donors (Lipinski definition) is 1. The van der Waals surface area contributed by atoms with Gasteiger partial charge in [-0.25, -0.2) is 4.39 Å². The molecule has 0 aliphatic carbocycles. The molecule has 0 heterocycles. The molecule has 0 saturated carbocycles. The van der Waals surface area contributed by atoms with Crippen LogP contribution in [-0.2, 0) is 0 Å². The molecule has 0 unspecified atom stereocenters. The molecule has 0 saturated heterocycles. The molecule has 2 aromatic carbocycles. The van der Waals surface area contributed by atoms with Crippen LogP contribution in [0.15, 0.2) is 48.5 Å². The van der Waals surface area contributed by atoms with Crippen LogP contribution < -0.4 is 5.32 Å². The van der Waals surface area contributed by atoms with E-state index in [2.05, 4.69) is 5.32 Å². The Balaban J connectivity index is 2.06. The molecule has 116 valence electrons. The second-order valence-electron chi connectivity index (χ2n) is 5.25. The lowest BCUT2D eigenvalue weighted by Crippen LogP contribution is -2.34. The van der Waals surface area contributed by atoms with Crippen molar-refractivity contribution in [2.75, 3.05) is 20.6 Å². The summed E-state index contributed by atoms with van der Waals surface area (Å²) in [5.41, 5.74) is 1.46. The maximum Gasteiger partial charge on any atom is 0.251 e. The fraction of sp³-hybridized carbons (Fsp3) is 0.235. The molecular formula is C17H18ClFN2O. The molecule has 2 rings (SSSR count). The summed E-state index contributed by atoms with van der Waals surface area (Å²) >= 11 is 5.89. The van der Waals surface area contributed by atoms with Gasteiger partial charge in [0.2, 0.25) is 0 Å². The van der Waals surface area contributed by atoms with E-state index in [4.69, 9.17) is 11.6 Å². The number of carbonyl (C=O) groups is 1. The highest BCUT2D eigenvalue weighted by atomic mass is 35.5. The van der Waals surface area contributed by atoms with E-state index in [9.17, 15) is 9.18 Å². The standard InChI is InChI=1S/C17H18ClFN2O/c1-21(2)16(12-6-8-15(19)9-7-12)11-20-17(22)13-4-3-5-14(18)10-13/h3-10,16H,11H2,1-2H3,(H,20,22)/t16-/m0/s1. The van der Waals surface area contributed by atoms with Crippen LogP contribution in [0.1, 0.15) is 22.0 Å². The first-order valence-electron chi connectivity index (χ1n) is 6.93. The monoisotopic (exact) mass is 320 g/mol. The minimum atomic E-state index is -0.274. The quantitative estimate of drug-likeness (QED) is 0.914. The highest BCUT2D eigenvalue weighted by Gasteiger charge is 2.16. The number of nitrogens with one attached hydrogen (secondary N) is 1. The average molecular weight is 321 g/mol. The molecule has 1 amide bonds. The third-order valence-corrected chi connectivity index (χ3v) is 3.66. The smallest absolute Gasteiger partial charge is 0.251 e. The maximum atomic E-state index is 13.0. The summed E-state index contributed by atoms with van der Waals surface area (Å²) in [4.78, 5) is 14.1. The molecular weight excluding hydrogens is 303 g/mol. The Morgan fingerprint density at radius 2 is 1.91 bits per heavy atom. The van der Waals surface area contributed by atoms with Crippen LogP contribution in [-0.4, -0.2) is 31.4 Å². The molecule has 5 heteroatoms. The molecule has 0 bridgehead atoms. The zero-order valence-electron chi connectivity index (χ0n) is 12.5. The van der Waals surface area contributed by atoms with Crippen molar-refractivity contribution in [3.05, 3.63) is 70.5 Å². The van der Waals surface area contributed by atoms with E-state index in [0.29, 0.717) is 17.1 Å². The van der Waals surface area contributed by atoms with Gasteiger partial charge in [0.1, 0.15) is 5.82 Å². The van der Waals surface area contributed by atoms with Crippen LogP contribution in [0.3, 0.4) is 0 Å². The number of likely N-dealkylation sites (N-methyl/N-ethyl adjacent to an activating group) is 1. The molecule has 1 atom stereocenters. The van der Waals surface area contributed by atoms with Crippen molar-refractivity contribution in [3.63, 3.8) is 0 Å². The first-order chi connectivity index (χ1) is 10.5. The van der Waals surface area contributed by atoms with Gasteiger partial charge in [-0.05, 0) is 50.0 Å². The zero-order chi connectivity index (χ0) is 16.1. The van der Waals surface area contributed by atoms with Gasteiger partial charge in [0.15, 0.2) is 0 Å². The van der Waals surface area contributed by atoms with Gasteiger partial charge < -0.3 is 10.2 Å². The fourth-order valence-electron chi connectivity index (χ4n) is 2.20. The molecule has 2 aromatic rings. The van der Waals surface area contributed by atoms with Crippen molar-refractivity contribution in [3.8, 4) is 0 Å².